The number of halogens is 1. The van der Waals surface area contributed by atoms with Crippen LogP contribution in [0.3, 0.4) is 0 Å². The maximum atomic E-state index is 10.6. The fraction of sp³-hybridized carbons (Fsp3) is 0.500. The molecule has 2 rings (SSSR count). The summed E-state index contributed by atoms with van der Waals surface area (Å²) in [6.45, 7) is 1.63. The van der Waals surface area contributed by atoms with Crippen LogP contribution in [-0.2, 0) is 0 Å². The highest BCUT2D eigenvalue weighted by atomic mass is 79.9. The van der Waals surface area contributed by atoms with Crippen LogP contribution in [0.1, 0.15) is 12.8 Å². The van der Waals surface area contributed by atoms with Crippen molar-refractivity contribution < 1.29 is 4.92 Å². The van der Waals surface area contributed by atoms with Crippen LogP contribution in [0.15, 0.2) is 16.7 Å². The lowest BCUT2D eigenvalue weighted by atomic mass is 10.1. The fourth-order valence-corrected chi connectivity index (χ4v) is 2.54. The summed E-state index contributed by atoms with van der Waals surface area (Å²) in [5.74, 6) is 0.728. The topological polar surface area (TPSA) is 85.3 Å². The van der Waals surface area contributed by atoms with Crippen molar-refractivity contribution in [3.8, 4) is 0 Å². The third kappa shape index (κ3) is 2.73. The van der Waals surface area contributed by atoms with E-state index in [4.69, 9.17) is 5.73 Å². The number of aromatic nitrogens is 1. The van der Waals surface area contributed by atoms with Gasteiger partial charge >= 0.3 is 0 Å². The molecule has 2 heterocycles. The Hall–Kier alpha value is -1.21. The highest BCUT2D eigenvalue weighted by molar-refractivity contribution is 9.10. The number of anilines is 1. The molecular formula is C10H13BrN4O2. The zero-order valence-electron chi connectivity index (χ0n) is 9.17. The molecule has 0 amide bonds. The molecule has 0 bridgehead atoms. The summed E-state index contributed by atoms with van der Waals surface area (Å²) in [4.78, 5) is 16.3. The van der Waals surface area contributed by atoms with Gasteiger partial charge in [0.05, 0.1) is 9.40 Å². The number of nitro groups is 1. The quantitative estimate of drug-likeness (QED) is 0.663. The Morgan fingerprint density at radius 1 is 1.65 bits per heavy atom. The molecule has 1 saturated heterocycles. The van der Waals surface area contributed by atoms with Crippen LogP contribution in [0, 0.1) is 10.1 Å². The van der Waals surface area contributed by atoms with Gasteiger partial charge in [0.25, 0.3) is 5.69 Å². The first kappa shape index (κ1) is 12.3. The largest absolute Gasteiger partial charge is 0.354 e. The number of rotatable bonds is 2. The summed E-state index contributed by atoms with van der Waals surface area (Å²) in [5.41, 5.74) is 5.89. The molecule has 1 fully saturated rings. The van der Waals surface area contributed by atoms with Crippen molar-refractivity contribution in [2.24, 2.45) is 5.73 Å². The monoisotopic (exact) mass is 300 g/mol. The van der Waals surface area contributed by atoms with E-state index in [1.54, 1.807) is 0 Å². The lowest BCUT2D eigenvalue weighted by molar-refractivity contribution is -0.385. The Bertz CT molecular complexity index is 440. The molecule has 1 aliphatic rings. The summed E-state index contributed by atoms with van der Waals surface area (Å²) >= 11 is 3.32. The number of nitrogens with two attached hydrogens (primary N) is 1. The van der Waals surface area contributed by atoms with E-state index in [0.717, 1.165) is 31.7 Å². The Kier molecular flexibility index (Phi) is 3.58. The first-order chi connectivity index (χ1) is 8.08. The van der Waals surface area contributed by atoms with Gasteiger partial charge in [0, 0.05) is 25.2 Å². The smallest absolute Gasteiger partial charge is 0.288 e. The van der Waals surface area contributed by atoms with Gasteiger partial charge in [-0.2, -0.15) is 0 Å². The minimum absolute atomic E-state index is 0.0121. The molecule has 1 aromatic rings. The number of piperidine rings is 1. The lowest BCUT2D eigenvalue weighted by Gasteiger charge is -2.32. The molecule has 6 nitrogen and oxygen atoms in total. The van der Waals surface area contributed by atoms with Gasteiger partial charge in [0.15, 0.2) is 0 Å². The predicted molar refractivity (Wildman–Crippen MR) is 68.0 cm³/mol. The van der Waals surface area contributed by atoms with Crippen molar-refractivity contribution in [2.45, 2.75) is 18.9 Å². The van der Waals surface area contributed by atoms with Gasteiger partial charge in [0.2, 0.25) is 0 Å². The average molecular weight is 301 g/mol. The van der Waals surface area contributed by atoms with Crippen LogP contribution in [0.2, 0.25) is 0 Å². The molecule has 92 valence electrons. The molecule has 7 heteroatoms. The second-order valence-corrected chi connectivity index (χ2v) is 4.96. The maximum absolute atomic E-state index is 10.6. The van der Waals surface area contributed by atoms with Crippen molar-refractivity contribution >= 4 is 27.4 Å². The van der Waals surface area contributed by atoms with Crippen molar-refractivity contribution in [2.75, 3.05) is 18.0 Å². The molecule has 17 heavy (non-hydrogen) atoms. The highest BCUT2D eigenvalue weighted by Gasteiger charge is 2.21. The number of hydrogen-bond donors (Lipinski definition) is 1. The van der Waals surface area contributed by atoms with Gasteiger partial charge in [-0.15, -0.1) is 0 Å². The zero-order chi connectivity index (χ0) is 12.4. The number of hydrogen-bond acceptors (Lipinski definition) is 5. The van der Waals surface area contributed by atoms with E-state index in [-0.39, 0.29) is 11.7 Å². The Morgan fingerprint density at radius 2 is 2.41 bits per heavy atom. The SMILES string of the molecule is NC1CCCN(c2ncc([N+](=O)[O-])cc2Br)C1. The van der Waals surface area contributed by atoms with Crippen LogP contribution in [0.5, 0.6) is 0 Å². The minimum atomic E-state index is -0.455. The van der Waals surface area contributed by atoms with Crippen LogP contribution in [-0.4, -0.2) is 29.0 Å². The van der Waals surface area contributed by atoms with Crippen LogP contribution < -0.4 is 10.6 Å². The molecule has 0 spiro atoms. The van der Waals surface area contributed by atoms with E-state index in [1.165, 1.54) is 12.3 Å². The Morgan fingerprint density at radius 3 is 3.00 bits per heavy atom. The van der Waals surface area contributed by atoms with Gasteiger partial charge in [-0.1, -0.05) is 0 Å². The summed E-state index contributed by atoms with van der Waals surface area (Å²) in [6, 6.07) is 1.62. The molecule has 1 unspecified atom stereocenters. The molecule has 1 aromatic heterocycles. The lowest BCUT2D eigenvalue weighted by Crippen LogP contribution is -2.43. The van der Waals surface area contributed by atoms with Gasteiger partial charge in [-0.05, 0) is 28.8 Å². The first-order valence-electron chi connectivity index (χ1n) is 5.38. The Labute approximate surface area is 107 Å². The highest BCUT2D eigenvalue weighted by Crippen LogP contribution is 2.29. The summed E-state index contributed by atoms with van der Waals surface area (Å²) < 4.78 is 0.640. The second kappa shape index (κ2) is 4.97. The molecule has 0 radical (unpaired) electrons. The van der Waals surface area contributed by atoms with Gasteiger partial charge in [0.1, 0.15) is 12.0 Å². The van der Waals surface area contributed by atoms with Crippen molar-refractivity contribution in [1.82, 2.24) is 4.98 Å². The molecular weight excluding hydrogens is 288 g/mol. The molecule has 0 aliphatic carbocycles. The van der Waals surface area contributed by atoms with Crippen LogP contribution in [0.4, 0.5) is 11.5 Å². The number of nitrogens with zero attached hydrogens (tertiary/aromatic N) is 3. The standard InChI is InChI=1S/C10H13BrN4O2/c11-9-4-8(15(16)17)5-13-10(9)14-3-1-2-7(12)6-14/h4-5,7H,1-3,6,12H2. The summed E-state index contributed by atoms with van der Waals surface area (Å²) in [6.07, 6.45) is 3.31. The second-order valence-electron chi connectivity index (χ2n) is 4.10. The first-order valence-corrected chi connectivity index (χ1v) is 6.17. The number of pyridine rings is 1. The van der Waals surface area contributed by atoms with E-state index in [0.29, 0.717) is 4.47 Å². The Balaban J connectivity index is 2.23. The van der Waals surface area contributed by atoms with Gasteiger partial charge < -0.3 is 10.6 Å². The minimum Gasteiger partial charge on any atom is -0.354 e. The van der Waals surface area contributed by atoms with Gasteiger partial charge in [-0.25, -0.2) is 4.98 Å². The van der Waals surface area contributed by atoms with E-state index in [9.17, 15) is 10.1 Å². The summed E-state index contributed by atoms with van der Waals surface area (Å²) in [7, 11) is 0. The molecule has 0 saturated carbocycles. The van der Waals surface area contributed by atoms with E-state index in [2.05, 4.69) is 25.8 Å². The molecule has 2 N–H and O–H groups in total. The van der Waals surface area contributed by atoms with Crippen molar-refractivity contribution in [3.05, 3.63) is 26.9 Å². The van der Waals surface area contributed by atoms with E-state index >= 15 is 0 Å². The van der Waals surface area contributed by atoms with Crippen molar-refractivity contribution in [1.29, 1.82) is 0 Å². The van der Waals surface area contributed by atoms with Gasteiger partial charge in [-0.3, -0.25) is 10.1 Å². The molecule has 0 aromatic carbocycles. The zero-order valence-corrected chi connectivity index (χ0v) is 10.8. The van der Waals surface area contributed by atoms with Crippen LogP contribution >= 0.6 is 15.9 Å². The third-order valence-electron chi connectivity index (χ3n) is 2.78. The normalized spacial score (nSPS) is 20.4. The fourth-order valence-electron chi connectivity index (χ4n) is 1.96. The van der Waals surface area contributed by atoms with Crippen molar-refractivity contribution in [3.63, 3.8) is 0 Å². The molecule has 1 atom stereocenters. The molecule has 1 aliphatic heterocycles. The summed E-state index contributed by atoms with van der Waals surface area (Å²) in [5, 5.41) is 10.6. The van der Waals surface area contributed by atoms with E-state index in [1.807, 2.05) is 0 Å². The maximum Gasteiger partial charge on any atom is 0.288 e. The average Bonchev–Trinajstić information content (AvgIpc) is 2.28. The predicted octanol–water partition coefficient (Wildman–Crippen LogP) is 1.68. The van der Waals surface area contributed by atoms with Crippen LogP contribution in [0.25, 0.3) is 0 Å². The third-order valence-corrected chi connectivity index (χ3v) is 3.36. The van der Waals surface area contributed by atoms with E-state index < -0.39 is 4.92 Å².